The number of hydrogen-bond donors (Lipinski definition) is 3. The van der Waals surface area contributed by atoms with E-state index in [2.05, 4.69) is 10.2 Å². The Morgan fingerprint density at radius 3 is 2.71 bits per heavy atom. The third-order valence-electron chi connectivity index (χ3n) is 5.07. The van der Waals surface area contributed by atoms with Gasteiger partial charge in [-0.05, 0) is 57.6 Å². The molecule has 0 radical (unpaired) electrons. The fourth-order valence-electron chi connectivity index (χ4n) is 3.65. The quantitative estimate of drug-likeness (QED) is 0.618. The van der Waals surface area contributed by atoms with Crippen molar-refractivity contribution < 1.29 is 14.9 Å². The normalized spacial score (nSPS) is 30.5. The Kier molecular flexibility index (Phi) is 6.08. The maximum atomic E-state index is 11.7. The summed E-state index contributed by atoms with van der Waals surface area (Å²) in [5, 5.41) is 22.3. The van der Waals surface area contributed by atoms with Crippen LogP contribution in [-0.4, -0.2) is 59.6 Å². The Morgan fingerprint density at radius 1 is 1.38 bits per heavy atom. The lowest BCUT2D eigenvalue weighted by molar-refractivity contribution is -0.144. The van der Waals surface area contributed by atoms with Gasteiger partial charge >= 0.3 is 5.97 Å². The van der Waals surface area contributed by atoms with Crippen molar-refractivity contribution in [1.82, 2.24) is 10.2 Å². The molecule has 2 aliphatic rings. The lowest BCUT2D eigenvalue weighted by atomic mass is 9.65. The standard InChI is InChI=1S/C15H29BN2O3/c1-16(21)7-5-13-11-15(14(19)20,17-12-13)6-10-18-8-3-2-4-9-18/h13,17,21H,2-12H2,1H3,(H,19,20). The van der Waals surface area contributed by atoms with E-state index in [1.165, 1.54) is 19.3 Å². The van der Waals surface area contributed by atoms with E-state index < -0.39 is 11.5 Å². The van der Waals surface area contributed by atoms with E-state index in [0.717, 1.165) is 38.9 Å². The van der Waals surface area contributed by atoms with Gasteiger partial charge in [-0.3, -0.25) is 4.79 Å². The zero-order valence-corrected chi connectivity index (χ0v) is 13.2. The fraction of sp³-hybridized carbons (Fsp3) is 0.933. The van der Waals surface area contributed by atoms with E-state index in [9.17, 15) is 14.9 Å². The Morgan fingerprint density at radius 2 is 2.10 bits per heavy atom. The van der Waals surface area contributed by atoms with Gasteiger partial charge in [0.05, 0.1) is 0 Å². The van der Waals surface area contributed by atoms with Crippen LogP contribution in [0.1, 0.15) is 38.5 Å². The predicted molar refractivity (Wildman–Crippen MR) is 84.6 cm³/mol. The van der Waals surface area contributed by atoms with Gasteiger partial charge in [-0.2, -0.15) is 0 Å². The molecule has 6 heteroatoms. The Balaban J connectivity index is 1.84. The summed E-state index contributed by atoms with van der Waals surface area (Å²) in [5.74, 6) is -0.337. The summed E-state index contributed by atoms with van der Waals surface area (Å²) in [6, 6.07) is 0. The van der Waals surface area contributed by atoms with E-state index in [0.29, 0.717) is 18.8 Å². The van der Waals surface area contributed by atoms with Crippen LogP contribution in [0.3, 0.4) is 0 Å². The van der Waals surface area contributed by atoms with E-state index >= 15 is 0 Å². The number of nitrogens with zero attached hydrogens (tertiary/aromatic N) is 1. The van der Waals surface area contributed by atoms with Gasteiger partial charge in [-0.1, -0.05) is 19.7 Å². The molecular weight excluding hydrogens is 267 g/mol. The van der Waals surface area contributed by atoms with Crippen LogP contribution in [0.4, 0.5) is 0 Å². The number of likely N-dealkylation sites (tertiary alicyclic amines) is 1. The van der Waals surface area contributed by atoms with Crippen LogP contribution in [0.15, 0.2) is 0 Å². The van der Waals surface area contributed by atoms with Crippen LogP contribution in [-0.2, 0) is 4.79 Å². The molecule has 0 spiro atoms. The summed E-state index contributed by atoms with van der Waals surface area (Å²) >= 11 is 0. The summed E-state index contributed by atoms with van der Waals surface area (Å²) in [6.07, 6.45) is 6.84. The molecule has 0 aromatic carbocycles. The van der Waals surface area contributed by atoms with Gasteiger partial charge in [0.25, 0.3) is 6.92 Å². The molecule has 0 amide bonds. The zero-order chi connectivity index (χ0) is 15.3. The molecule has 5 nitrogen and oxygen atoms in total. The predicted octanol–water partition coefficient (Wildman–Crippen LogP) is 1.30. The fourth-order valence-corrected chi connectivity index (χ4v) is 3.65. The molecule has 0 bridgehead atoms. The number of rotatable bonds is 7. The first-order valence-electron chi connectivity index (χ1n) is 8.41. The first-order chi connectivity index (χ1) is 10.0. The summed E-state index contributed by atoms with van der Waals surface area (Å²) in [6.45, 7) is 5.37. The SMILES string of the molecule is CB(O)CCC1CNC(CCN2CCCCC2)(C(=O)O)C1. The van der Waals surface area contributed by atoms with Crippen LogP contribution in [0, 0.1) is 5.92 Å². The van der Waals surface area contributed by atoms with E-state index in [1.54, 1.807) is 6.82 Å². The minimum atomic E-state index is -0.749. The zero-order valence-electron chi connectivity index (χ0n) is 13.2. The highest BCUT2D eigenvalue weighted by Gasteiger charge is 2.44. The second-order valence-electron chi connectivity index (χ2n) is 6.92. The Labute approximate surface area is 128 Å². The van der Waals surface area contributed by atoms with E-state index in [4.69, 9.17) is 0 Å². The smallest absolute Gasteiger partial charge is 0.323 e. The lowest BCUT2D eigenvalue weighted by Gasteiger charge is -2.31. The van der Waals surface area contributed by atoms with Gasteiger partial charge in [0.2, 0.25) is 0 Å². The second kappa shape index (κ2) is 7.61. The molecule has 2 heterocycles. The van der Waals surface area contributed by atoms with Crippen molar-refractivity contribution in [2.75, 3.05) is 26.2 Å². The van der Waals surface area contributed by atoms with Crippen molar-refractivity contribution in [2.24, 2.45) is 5.92 Å². The van der Waals surface area contributed by atoms with Crippen LogP contribution in [0.2, 0.25) is 13.1 Å². The summed E-state index contributed by atoms with van der Waals surface area (Å²) in [4.78, 5) is 14.2. The summed E-state index contributed by atoms with van der Waals surface area (Å²) in [7, 11) is 0. The number of carbonyl (C=O) groups is 1. The molecule has 0 aliphatic carbocycles. The highest BCUT2D eigenvalue weighted by molar-refractivity contribution is 6.48. The molecule has 3 N–H and O–H groups in total. The minimum Gasteiger partial charge on any atom is -0.480 e. The third-order valence-corrected chi connectivity index (χ3v) is 5.07. The molecule has 21 heavy (non-hydrogen) atoms. The number of hydrogen-bond acceptors (Lipinski definition) is 4. The lowest BCUT2D eigenvalue weighted by Crippen LogP contribution is -2.50. The third kappa shape index (κ3) is 4.69. The van der Waals surface area contributed by atoms with Crippen molar-refractivity contribution in [3.8, 4) is 0 Å². The molecule has 2 atom stereocenters. The Bertz CT molecular complexity index is 348. The molecule has 0 aromatic heterocycles. The topological polar surface area (TPSA) is 72.8 Å². The highest BCUT2D eigenvalue weighted by atomic mass is 16.4. The molecule has 2 aliphatic heterocycles. The summed E-state index contributed by atoms with van der Waals surface area (Å²) < 4.78 is 0. The summed E-state index contributed by atoms with van der Waals surface area (Å²) in [5.41, 5.74) is -0.749. The molecule has 0 aromatic rings. The highest BCUT2D eigenvalue weighted by Crippen LogP contribution is 2.31. The largest absolute Gasteiger partial charge is 0.480 e. The monoisotopic (exact) mass is 296 g/mol. The minimum absolute atomic E-state index is 0.293. The first-order valence-corrected chi connectivity index (χ1v) is 8.41. The maximum absolute atomic E-state index is 11.7. The van der Waals surface area contributed by atoms with Gasteiger partial charge in [0.15, 0.2) is 0 Å². The molecule has 2 fully saturated rings. The van der Waals surface area contributed by atoms with Gasteiger partial charge in [0, 0.05) is 6.54 Å². The van der Waals surface area contributed by atoms with Gasteiger partial charge < -0.3 is 20.3 Å². The number of carboxylic acid groups (broad SMARTS) is 1. The number of carboxylic acids is 1. The number of piperidine rings is 1. The van der Waals surface area contributed by atoms with Gasteiger partial charge in [-0.15, -0.1) is 0 Å². The van der Waals surface area contributed by atoms with Crippen molar-refractivity contribution in [2.45, 2.75) is 57.2 Å². The maximum Gasteiger partial charge on any atom is 0.323 e. The van der Waals surface area contributed by atoms with Crippen molar-refractivity contribution >= 4 is 12.9 Å². The molecule has 120 valence electrons. The number of nitrogens with one attached hydrogen (secondary N) is 1. The molecule has 2 unspecified atom stereocenters. The Hall–Kier alpha value is -0.585. The van der Waals surface area contributed by atoms with Crippen LogP contribution in [0.5, 0.6) is 0 Å². The van der Waals surface area contributed by atoms with Crippen molar-refractivity contribution in [1.29, 1.82) is 0 Å². The van der Waals surface area contributed by atoms with Crippen LogP contribution < -0.4 is 5.32 Å². The average molecular weight is 296 g/mol. The second-order valence-corrected chi connectivity index (χ2v) is 6.92. The van der Waals surface area contributed by atoms with Gasteiger partial charge in [-0.25, -0.2) is 0 Å². The number of aliphatic carboxylic acids is 1. The molecule has 2 saturated heterocycles. The van der Waals surface area contributed by atoms with Crippen LogP contribution >= 0.6 is 0 Å². The first kappa shape index (κ1) is 16.8. The van der Waals surface area contributed by atoms with Gasteiger partial charge in [0.1, 0.15) is 5.54 Å². The van der Waals surface area contributed by atoms with E-state index in [-0.39, 0.29) is 6.92 Å². The molecule has 0 saturated carbocycles. The molecular formula is C15H29BN2O3. The van der Waals surface area contributed by atoms with Crippen molar-refractivity contribution in [3.05, 3.63) is 0 Å². The molecule has 2 rings (SSSR count). The van der Waals surface area contributed by atoms with Crippen LogP contribution in [0.25, 0.3) is 0 Å². The van der Waals surface area contributed by atoms with Crippen molar-refractivity contribution in [3.63, 3.8) is 0 Å². The van der Waals surface area contributed by atoms with E-state index in [1.807, 2.05) is 0 Å². The average Bonchev–Trinajstić information content (AvgIpc) is 2.89.